The molecule has 0 atom stereocenters. The van der Waals surface area contributed by atoms with Gasteiger partial charge in [-0.1, -0.05) is 0 Å². The molecular weight excluding hydrogens is 262 g/mol. The Hall–Kier alpha value is -1.32. The van der Waals surface area contributed by atoms with Gasteiger partial charge < -0.3 is 9.47 Å². The standard InChI is InChI=1S/C10H10BrNO3/c1-14-9-4-8(11)10(15-2)3-7(9)5-12-6-13/h3-4H,5H2,1-2H3. The second-order valence-corrected chi connectivity index (χ2v) is 3.56. The minimum Gasteiger partial charge on any atom is -0.496 e. The van der Waals surface area contributed by atoms with Crippen LogP contribution in [0, 0.1) is 0 Å². The lowest BCUT2D eigenvalue weighted by Crippen LogP contribution is -1.94. The van der Waals surface area contributed by atoms with E-state index in [1.54, 1.807) is 26.4 Å². The molecule has 4 nitrogen and oxygen atoms in total. The minimum atomic E-state index is 0.232. The molecule has 0 amide bonds. The molecule has 0 aliphatic heterocycles. The third-order valence-corrected chi connectivity index (χ3v) is 2.49. The summed E-state index contributed by atoms with van der Waals surface area (Å²) in [5, 5.41) is 0. The lowest BCUT2D eigenvalue weighted by Gasteiger charge is -2.10. The SMILES string of the molecule is COc1cc(CN=C=O)c(OC)cc1Br. The summed E-state index contributed by atoms with van der Waals surface area (Å²) in [7, 11) is 3.13. The maximum absolute atomic E-state index is 10.0. The van der Waals surface area contributed by atoms with Crippen molar-refractivity contribution in [3.8, 4) is 11.5 Å². The van der Waals surface area contributed by atoms with Crippen molar-refractivity contribution in [1.82, 2.24) is 0 Å². The smallest absolute Gasteiger partial charge is 0.235 e. The zero-order chi connectivity index (χ0) is 11.3. The number of nitrogens with zero attached hydrogens (tertiary/aromatic N) is 1. The van der Waals surface area contributed by atoms with Crippen molar-refractivity contribution in [3.63, 3.8) is 0 Å². The lowest BCUT2D eigenvalue weighted by molar-refractivity contribution is 0.397. The fourth-order valence-electron chi connectivity index (χ4n) is 1.16. The molecule has 0 bridgehead atoms. The predicted molar refractivity (Wildman–Crippen MR) is 59.1 cm³/mol. The van der Waals surface area contributed by atoms with Gasteiger partial charge in [0.15, 0.2) is 0 Å². The van der Waals surface area contributed by atoms with Crippen LogP contribution in [-0.2, 0) is 11.3 Å². The van der Waals surface area contributed by atoms with Crippen LogP contribution in [0.2, 0.25) is 0 Å². The van der Waals surface area contributed by atoms with Crippen LogP contribution in [-0.4, -0.2) is 20.3 Å². The van der Waals surface area contributed by atoms with Gasteiger partial charge in [0.2, 0.25) is 6.08 Å². The summed E-state index contributed by atoms with van der Waals surface area (Å²) in [4.78, 5) is 13.5. The van der Waals surface area contributed by atoms with Gasteiger partial charge in [-0.15, -0.1) is 0 Å². The van der Waals surface area contributed by atoms with E-state index in [1.807, 2.05) is 0 Å². The third kappa shape index (κ3) is 2.81. The normalized spacial score (nSPS) is 9.27. The van der Waals surface area contributed by atoms with Crippen LogP contribution in [0.15, 0.2) is 21.6 Å². The minimum absolute atomic E-state index is 0.232. The molecule has 0 saturated heterocycles. The highest BCUT2D eigenvalue weighted by Gasteiger charge is 2.08. The molecule has 0 radical (unpaired) electrons. The van der Waals surface area contributed by atoms with Gasteiger partial charge in [0, 0.05) is 5.56 Å². The summed E-state index contributed by atoms with van der Waals surface area (Å²) < 4.78 is 11.1. The summed E-state index contributed by atoms with van der Waals surface area (Å²) >= 11 is 3.34. The lowest BCUT2D eigenvalue weighted by atomic mass is 10.2. The molecule has 0 unspecified atom stereocenters. The van der Waals surface area contributed by atoms with Crippen molar-refractivity contribution in [1.29, 1.82) is 0 Å². The fourth-order valence-corrected chi connectivity index (χ4v) is 1.65. The molecule has 0 aromatic heterocycles. The van der Waals surface area contributed by atoms with E-state index in [0.717, 1.165) is 10.0 Å². The van der Waals surface area contributed by atoms with Gasteiger partial charge >= 0.3 is 0 Å². The van der Waals surface area contributed by atoms with Gasteiger partial charge in [0.25, 0.3) is 0 Å². The Labute approximate surface area is 96.0 Å². The van der Waals surface area contributed by atoms with Crippen LogP contribution in [0.3, 0.4) is 0 Å². The van der Waals surface area contributed by atoms with E-state index in [-0.39, 0.29) is 6.54 Å². The number of ether oxygens (including phenoxy) is 2. The molecule has 0 saturated carbocycles. The number of methoxy groups -OCH3 is 2. The number of isocyanates is 1. The summed E-state index contributed by atoms with van der Waals surface area (Å²) in [5.74, 6) is 1.33. The quantitative estimate of drug-likeness (QED) is 0.624. The Morgan fingerprint density at radius 2 is 2.00 bits per heavy atom. The first-order valence-corrected chi connectivity index (χ1v) is 4.96. The Balaban J connectivity index is 3.15. The number of hydrogen-bond acceptors (Lipinski definition) is 4. The topological polar surface area (TPSA) is 47.9 Å². The maximum atomic E-state index is 10.0. The average Bonchev–Trinajstić information content (AvgIpc) is 2.26. The van der Waals surface area contributed by atoms with Crippen LogP contribution in [0.5, 0.6) is 11.5 Å². The highest BCUT2D eigenvalue weighted by Crippen LogP contribution is 2.32. The van der Waals surface area contributed by atoms with E-state index < -0.39 is 0 Å². The first-order chi connectivity index (χ1) is 7.22. The summed E-state index contributed by atoms with van der Waals surface area (Å²) in [6.07, 6.45) is 1.49. The molecule has 5 heteroatoms. The third-order valence-electron chi connectivity index (χ3n) is 1.87. The van der Waals surface area contributed by atoms with Crippen LogP contribution in [0.4, 0.5) is 0 Å². The van der Waals surface area contributed by atoms with Gasteiger partial charge in [-0.05, 0) is 28.1 Å². The van der Waals surface area contributed by atoms with Gasteiger partial charge in [0.05, 0.1) is 25.2 Å². The number of benzene rings is 1. The molecule has 1 aromatic rings. The van der Waals surface area contributed by atoms with E-state index in [9.17, 15) is 4.79 Å². The van der Waals surface area contributed by atoms with Gasteiger partial charge in [-0.25, -0.2) is 9.79 Å². The molecule has 0 aliphatic rings. The van der Waals surface area contributed by atoms with Gasteiger partial charge in [-0.3, -0.25) is 0 Å². The molecule has 0 N–H and O–H groups in total. The first kappa shape index (κ1) is 11.8. The largest absolute Gasteiger partial charge is 0.496 e. The van der Waals surface area contributed by atoms with E-state index in [4.69, 9.17) is 9.47 Å². The predicted octanol–water partition coefficient (Wildman–Crippen LogP) is 2.30. The van der Waals surface area contributed by atoms with Crippen molar-refractivity contribution in [2.24, 2.45) is 4.99 Å². The van der Waals surface area contributed by atoms with Crippen LogP contribution in [0.1, 0.15) is 5.56 Å². The number of carbonyl (C=O) groups excluding carboxylic acids is 1. The van der Waals surface area contributed by atoms with Crippen molar-refractivity contribution in [2.45, 2.75) is 6.54 Å². The van der Waals surface area contributed by atoms with E-state index >= 15 is 0 Å². The highest BCUT2D eigenvalue weighted by molar-refractivity contribution is 9.10. The second kappa shape index (κ2) is 5.53. The number of hydrogen-bond donors (Lipinski definition) is 0. The first-order valence-electron chi connectivity index (χ1n) is 4.17. The Morgan fingerprint density at radius 3 is 2.53 bits per heavy atom. The number of rotatable bonds is 4. The molecule has 1 aromatic carbocycles. The monoisotopic (exact) mass is 271 g/mol. The van der Waals surface area contributed by atoms with Crippen LogP contribution in [0.25, 0.3) is 0 Å². The van der Waals surface area contributed by atoms with Crippen molar-refractivity contribution in [2.75, 3.05) is 14.2 Å². The average molecular weight is 272 g/mol. The Kier molecular flexibility index (Phi) is 4.34. The summed E-state index contributed by atoms with van der Waals surface area (Å²) in [6, 6.07) is 3.54. The second-order valence-electron chi connectivity index (χ2n) is 2.71. The Morgan fingerprint density at radius 1 is 1.33 bits per heavy atom. The number of halogens is 1. The fraction of sp³-hybridized carbons (Fsp3) is 0.300. The van der Waals surface area contributed by atoms with E-state index in [1.165, 1.54) is 6.08 Å². The maximum Gasteiger partial charge on any atom is 0.235 e. The van der Waals surface area contributed by atoms with Crippen LogP contribution < -0.4 is 9.47 Å². The molecule has 15 heavy (non-hydrogen) atoms. The molecular formula is C10H10BrNO3. The van der Waals surface area contributed by atoms with Gasteiger partial charge in [-0.2, -0.15) is 0 Å². The van der Waals surface area contributed by atoms with Crippen molar-refractivity contribution in [3.05, 3.63) is 22.2 Å². The van der Waals surface area contributed by atoms with E-state index in [0.29, 0.717) is 11.5 Å². The number of aliphatic imine (C=N–C) groups is 1. The summed E-state index contributed by atoms with van der Waals surface area (Å²) in [6.45, 7) is 0.232. The molecule has 0 aliphatic carbocycles. The zero-order valence-corrected chi connectivity index (χ0v) is 10.00. The zero-order valence-electron chi connectivity index (χ0n) is 8.41. The Bertz CT molecular complexity index is 400. The van der Waals surface area contributed by atoms with Gasteiger partial charge in [0.1, 0.15) is 11.5 Å². The molecule has 1 rings (SSSR count). The molecule has 80 valence electrons. The molecule has 0 spiro atoms. The van der Waals surface area contributed by atoms with Crippen LogP contribution >= 0.6 is 15.9 Å². The molecule has 0 fully saturated rings. The summed E-state index contributed by atoms with van der Waals surface area (Å²) in [5.41, 5.74) is 0.779. The van der Waals surface area contributed by atoms with Crippen molar-refractivity contribution < 1.29 is 14.3 Å². The molecule has 0 heterocycles. The van der Waals surface area contributed by atoms with Crippen molar-refractivity contribution >= 4 is 22.0 Å². The highest BCUT2D eigenvalue weighted by atomic mass is 79.9. The van der Waals surface area contributed by atoms with E-state index in [2.05, 4.69) is 20.9 Å².